The molecule has 0 fully saturated rings. The van der Waals surface area contributed by atoms with Gasteiger partial charge in [0.1, 0.15) is 0 Å². The maximum Gasteiger partial charge on any atom is 0.0555 e. The lowest BCUT2D eigenvalue weighted by molar-refractivity contribution is 0.296. The average molecular weight is 76.1 g/mol. The molecule has 0 saturated heterocycles. The molecule has 0 spiro atoms. The maximum absolute atomic E-state index is 8.00. The molecule has 5 heavy (non-hydrogen) atoms. The minimum absolute atomic E-state index is 0.233. The molecule has 0 aromatic rings. The fourth-order valence-electron chi connectivity index (χ4n) is 0.112. The lowest BCUT2D eigenvalue weighted by Crippen LogP contribution is -2.10. The van der Waals surface area contributed by atoms with Crippen molar-refractivity contribution in [3.8, 4) is 0 Å². The summed E-state index contributed by atoms with van der Waals surface area (Å²) >= 11 is 0. The number of nitrogens with one attached hydrogen (secondary N) is 1. The number of likely N-dealkylation sites (N-methyl/N-ethyl adjacent to an activating group) is 1. The van der Waals surface area contributed by atoms with Gasteiger partial charge < -0.3 is 10.4 Å². The van der Waals surface area contributed by atoms with E-state index < -0.39 is 0 Å². The van der Waals surface area contributed by atoms with Crippen LogP contribution >= 0.6 is 0 Å². The molecule has 2 N–H and O–H groups in total. The van der Waals surface area contributed by atoms with Crippen LogP contribution in [0.15, 0.2) is 0 Å². The first-order valence-electron chi connectivity index (χ1n) is 1.67. The highest BCUT2D eigenvalue weighted by atomic mass is 16.3. The molecule has 0 aromatic heterocycles. The lowest BCUT2D eigenvalue weighted by atomic mass is 10.7. The summed E-state index contributed by atoms with van der Waals surface area (Å²) in [5.74, 6) is 0. The van der Waals surface area contributed by atoms with Crippen LogP contribution in [0.1, 0.15) is 0 Å². The molecule has 2 nitrogen and oxygen atoms in total. The predicted molar refractivity (Wildman–Crippen MR) is 21.0 cm³/mol. The van der Waals surface area contributed by atoms with E-state index in [1.807, 2.05) is 0 Å². The van der Waals surface area contributed by atoms with Crippen LogP contribution in [0.4, 0.5) is 0 Å². The Morgan fingerprint density at radius 3 is 2.40 bits per heavy atom. The Morgan fingerprint density at radius 2 is 2.40 bits per heavy atom. The van der Waals surface area contributed by atoms with Crippen molar-refractivity contribution in [1.29, 1.82) is 0 Å². The van der Waals surface area contributed by atoms with E-state index >= 15 is 0 Å². The molecule has 0 unspecified atom stereocenters. The van der Waals surface area contributed by atoms with Gasteiger partial charge in [-0.25, -0.2) is 0 Å². The molecule has 0 amide bonds. The maximum atomic E-state index is 8.00. The third kappa shape index (κ3) is 3.92. The van der Waals surface area contributed by atoms with Crippen molar-refractivity contribution in [2.75, 3.05) is 20.2 Å². The van der Waals surface area contributed by atoms with E-state index in [1.165, 1.54) is 0 Å². The molecule has 0 bridgehead atoms. The number of aliphatic hydroxyl groups excluding tert-OH is 1. The van der Waals surface area contributed by atoms with Crippen LogP contribution in [0.5, 0.6) is 0 Å². The Morgan fingerprint density at radius 1 is 1.80 bits per heavy atom. The molecule has 0 saturated carbocycles. The molecule has 0 atom stereocenters. The second-order valence-electron chi connectivity index (χ2n) is 0.827. The summed E-state index contributed by atoms with van der Waals surface area (Å²) in [6.07, 6.45) is 0. The normalized spacial score (nSPS) is 8.40. The van der Waals surface area contributed by atoms with Crippen LogP contribution in [-0.2, 0) is 0 Å². The highest BCUT2D eigenvalue weighted by molar-refractivity contribution is 4.27. The van der Waals surface area contributed by atoms with Gasteiger partial charge in [0.05, 0.1) is 6.61 Å². The zero-order valence-electron chi connectivity index (χ0n) is 3.36. The van der Waals surface area contributed by atoms with Crippen molar-refractivity contribution in [3.05, 3.63) is 0 Å². The van der Waals surface area contributed by atoms with E-state index in [1.54, 1.807) is 7.05 Å². The van der Waals surface area contributed by atoms with Gasteiger partial charge in [0.15, 0.2) is 0 Å². The Balaban J connectivity index is 2.19. The van der Waals surface area contributed by atoms with Gasteiger partial charge in [0, 0.05) is 6.54 Å². The molecule has 0 heterocycles. The quantitative estimate of drug-likeness (QED) is 0.422. The van der Waals surface area contributed by atoms with Crippen molar-refractivity contribution < 1.29 is 5.11 Å². The molecule has 0 rings (SSSR count). The molecular formula is C3H9NO. The monoisotopic (exact) mass is 76.1 g/mol. The van der Waals surface area contributed by atoms with Gasteiger partial charge in [-0.2, -0.15) is 0 Å². The summed E-state index contributed by atoms with van der Waals surface area (Å²) in [5.41, 5.74) is 0. The van der Waals surface area contributed by atoms with Gasteiger partial charge in [-0.1, -0.05) is 0 Å². The Bertz CT molecular complexity index is 14.4. The van der Waals surface area contributed by atoms with E-state index in [4.69, 9.17) is 5.11 Å². The topological polar surface area (TPSA) is 32.3 Å². The first kappa shape index (κ1) is 4.92. The number of hydrogen-bond donors (Lipinski definition) is 2. The van der Waals surface area contributed by atoms with Crippen molar-refractivity contribution in [2.45, 2.75) is 0 Å². The highest BCUT2D eigenvalue weighted by Crippen LogP contribution is 1.42. The molecule has 32 valence electrons. The zero-order chi connectivity index (χ0) is 4.12. The summed E-state index contributed by atoms with van der Waals surface area (Å²) in [7, 11) is 1.80. The van der Waals surface area contributed by atoms with E-state index in [0.717, 1.165) is 0 Å². The van der Waals surface area contributed by atoms with Crippen molar-refractivity contribution >= 4 is 0 Å². The summed E-state index contributed by atoms with van der Waals surface area (Å²) in [5, 5.41) is 10.8. The fraction of sp³-hybridized carbons (Fsp3) is 1.00. The Hall–Kier alpha value is -0.0800. The molecular weight excluding hydrogens is 67.0 g/mol. The van der Waals surface area contributed by atoms with Crippen molar-refractivity contribution in [2.24, 2.45) is 0 Å². The van der Waals surface area contributed by atoms with Crippen LogP contribution in [0.3, 0.4) is 0 Å². The van der Waals surface area contributed by atoms with E-state index in [2.05, 4.69) is 5.32 Å². The van der Waals surface area contributed by atoms with Gasteiger partial charge in [-0.15, -0.1) is 0 Å². The smallest absolute Gasteiger partial charge is 0.0555 e. The fourth-order valence-corrected chi connectivity index (χ4v) is 0.112. The van der Waals surface area contributed by atoms with E-state index in [-0.39, 0.29) is 6.61 Å². The molecule has 0 aliphatic carbocycles. The Labute approximate surface area is 31.8 Å². The number of rotatable bonds is 2. The third-order valence-electron chi connectivity index (χ3n) is 0.362. The van der Waals surface area contributed by atoms with Crippen LogP contribution in [-0.4, -0.2) is 25.3 Å². The molecule has 0 aromatic carbocycles. The van der Waals surface area contributed by atoms with Gasteiger partial charge in [0.2, 0.25) is 0 Å². The summed E-state index contributed by atoms with van der Waals surface area (Å²) in [4.78, 5) is 0. The second kappa shape index (κ2) is 3.92. The standard InChI is InChI=1S/C3H9NO/c1-4-2-3-5/h4-5H,2-3H2,1H3/i1+1. The van der Waals surface area contributed by atoms with Crippen LogP contribution in [0.2, 0.25) is 0 Å². The molecule has 0 aliphatic rings. The summed E-state index contributed by atoms with van der Waals surface area (Å²) < 4.78 is 0. The third-order valence-corrected chi connectivity index (χ3v) is 0.362. The van der Waals surface area contributed by atoms with Crippen LogP contribution < -0.4 is 5.32 Å². The first-order chi connectivity index (χ1) is 2.41. The Kier molecular flexibility index (Phi) is 3.86. The van der Waals surface area contributed by atoms with Crippen molar-refractivity contribution in [3.63, 3.8) is 0 Å². The SMILES string of the molecule is [13CH3]NCCO. The second-order valence-corrected chi connectivity index (χ2v) is 0.827. The van der Waals surface area contributed by atoms with Gasteiger partial charge in [-0.3, -0.25) is 0 Å². The molecule has 0 aliphatic heterocycles. The van der Waals surface area contributed by atoms with E-state index in [9.17, 15) is 0 Å². The minimum atomic E-state index is 0.233. The average Bonchev–Trinajstić information content (AvgIpc) is 1.41. The lowest BCUT2D eigenvalue weighted by Gasteiger charge is -1.84. The summed E-state index contributed by atoms with van der Waals surface area (Å²) in [6, 6.07) is 0. The minimum Gasteiger partial charge on any atom is -0.395 e. The zero-order valence-corrected chi connectivity index (χ0v) is 3.36. The van der Waals surface area contributed by atoms with Gasteiger partial charge in [0.25, 0.3) is 0 Å². The van der Waals surface area contributed by atoms with E-state index in [0.29, 0.717) is 6.54 Å². The highest BCUT2D eigenvalue weighted by Gasteiger charge is 1.65. The number of aliphatic hydroxyl groups is 1. The predicted octanol–water partition coefficient (Wildman–Crippen LogP) is -0.802. The van der Waals surface area contributed by atoms with Crippen molar-refractivity contribution in [1.82, 2.24) is 5.32 Å². The van der Waals surface area contributed by atoms with Gasteiger partial charge >= 0.3 is 0 Å². The first-order valence-corrected chi connectivity index (χ1v) is 1.67. The summed E-state index contributed by atoms with van der Waals surface area (Å²) in [6.45, 7) is 0.927. The van der Waals surface area contributed by atoms with Crippen LogP contribution in [0, 0.1) is 0 Å². The largest absolute Gasteiger partial charge is 0.395 e. The van der Waals surface area contributed by atoms with Gasteiger partial charge in [-0.05, 0) is 7.05 Å². The molecule has 2 heteroatoms. The molecule has 0 radical (unpaired) electrons. The number of hydrogen-bond acceptors (Lipinski definition) is 2. The van der Waals surface area contributed by atoms with Crippen LogP contribution in [0.25, 0.3) is 0 Å².